The van der Waals surface area contributed by atoms with Crippen LogP contribution < -0.4 is 5.32 Å². The Labute approximate surface area is 113 Å². The summed E-state index contributed by atoms with van der Waals surface area (Å²) in [7, 11) is 0. The molecular weight excluding hydrogens is 236 g/mol. The molecule has 0 radical (unpaired) electrons. The maximum absolute atomic E-state index is 4.71. The molecule has 19 heavy (non-hydrogen) atoms. The van der Waals surface area contributed by atoms with E-state index in [1.807, 2.05) is 18.3 Å². The molecule has 1 aliphatic rings. The van der Waals surface area contributed by atoms with Gasteiger partial charge in [0, 0.05) is 18.4 Å². The van der Waals surface area contributed by atoms with E-state index in [0.29, 0.717) is 0 Å². The minimum atomic E-state index is 0.753. The van der Waals surface area contributed by atoms with E-state index in [1.54, 1.807) is 0 Å². The van der Waals surface area contributed by atoms with Crippen molar-refractivity contribution in [3.63, 3.8) is 0 Å². The number of nitrogens with one attached hydrogen (secondary N) is 1. The zero-order valence-electron chi connectivity index (χ0n) is 11.4. The van der Waals surface area contributed by atoms with Gasteiger partial charge in [-0.3, -0.25) is 4.98 Å². The molecule has 0 unspecified atom stereocenters. The molecule has 4 heteroatoms. The Kier molecular flexibility index (Phi) is 3.25. The van der Waals surface area contributed by atoms with Crippen molar-refractivity contribution in [2.24, 2.45) is 0 Å². The van der Waals surface area contributed by atoms with E-state index in [1.165, 1.54) is 16.8 Å². The van der Waals surface area contributed by atoms with E-state index in [4.69, 9.17) is 9.97 Å². The Morgan fingerprint density at radius 2 is 2.21 bits per heavy atom. The van der Waals surface area contributed by atoms with E-state index in [-0.39, 0.29) is 0 Å². The second-order valence-corrected chi connectivity index (χ2v) is 4.92. The first-order valence-electron chi connectivity index (χ1n) is 6.80. The number of rotatable bonds is 2. The highest BCUT2D eigenvalue weighted by Crippen LogP contribution is 2.21. The van der Waals surface area contributed by atoms with Crippen molar-refractivity contribution in [3.8, 4) is 11.5 Å². The smallest absolute Gasteiger partial charge is 0.178 e. The van der Waals surface area contributed by atoms with Crippen molar-refractivity contribution in [2.45, 2.75) is 33.2 Å². The summed E-state index contributed by atoms with van der Waals surface area (Å²) in [4.78, 5) is 13.8. The topological polar surface area (TPSA) is 50.7 Å². The molecule has 0 aliphatic carbocycles. The fraction of sp³-hybridized carbons (Fsp3) is 0.400. The van der Waals surface area contributed by atoms with Gasteiger partial charge in [0.25, 0.3) is 0 Å². The fourth-order valence-electron chi connectivity index (χ4n) is 2.50. The molecule has 2 aromatic heterocycles. The number of aromatic nitrogens is 3. The first-order chi connectivity index (χ1) is 9.28. The van der Waals surface area contributed by atoms with Gasteiger partial charge in [0.05, 0.1) is 5.69 Å². The standard InChI is InChI=1S/C15H18N4/c1-3-12-11-5-6-16-9-14(11)19-15(18-12)13-8-10(2)4-7-17-13/h4,7-8,16H,3,5-6,9H2,1-2H3. The molecule has 0 aromatic carbocycles. The first-order valence-corrected chi connectivity index (χ1v) is 6.80. The minimum Gasteiger partial charge on any atom is -0.311 e. The van der Waals surface area contributed by atoms with Crippen LogP contribution in [0, 0.1) is 6.92 Å². The van der Waals surface area contributed by atoms with Crippen LogP contribution in [0.15, 0.2) is 18.3 Å². The highest BCUT2D eigenvalue weighted by Gasteiger charge is 2.17. The Balaban J connectivity index is 2.12. The van der Waals surface area contributed by atoms with Gasteiger partial charge < -0.3 is 5.32 Å². The summed E-state index contributed by atoms with van der Waals surface area (Å²) in [6.07, 6.45) is 3.79. The summed E-state index contributed by atoms with van der Waals surface area (Å²) in [5, 5.41) is 3.37. The first kappa shape index (κ1) is 12.2. The number of hydrogen-bond donors (Lipinski definition) is 1. The lowest BCUT2D eigenvalue weighted by Gasteiger charge is -2.19. The molecule has 0 bridgehead atoms. The van der Waals surface area contributed by atoms with Gasteiger partial charge in [0.15, 0.2) is 5.82 Å². The molecule has 0 saturated heterocycles. The molecule has 0 amide bonds. The van der Waals surface area contributed by atoms with Gasteiger partial charge in [-0.05, 0) is 49.6 Å². The van der Waals surface area contributed by atoms with Crippen LogP contribution in [0.25, 0.3) is 11.5 Å². The van der Waals surface area contributed by atoms with Gasteiger partial charge in [-0.25, -0.2) is 9.97 Å². The van der Waals surface area contributed by atoms with Crippen molar-refractivity contribution < 1.29 is 0 Å². The third kappa shape index (κ3) is 2.36. The van der Waals surface area contributed by atoms with Crippen molar-refractivity contribution in [3.05, 3.63) is 40.8 Å². The molecule has 1 aliphatic heterocycles. The summed E-state index contributed by atoms with van der Waals surface area (Å²) < 4.78 is 0. The average molecular weight is 254 g/mol. The van der Waals surface area contributed by atoms with Gasteiger partial charge in [0.2, 0.25) is 0 Å². The number of nitrogens with zero attached hydrogens (tertiary/aromatic N) is 3. The van der Waals surface area contributed by atoms with E-state index in [0.717, 1.165) is 43.1 Å². The van der Waals surface area contributed by atoms with E-state index >= 15 is 0 Å². The lowest BCUT2D eigenvalue weighted by molar-refractivity contribution is 0.617. The van der Waals surface area contributed by atoms with Crippen molar-refractivity contribution in [1.82, 2.24) is 20.3 Å². The lowest BCUT2D eigenvalue weighted by Crippen LogP contribution is -2.26. The van der Waals surface area contributed by atoms with Crippen molar-refractivity contribution in [1.29, 1.82) is 0 Å². The van der Waals surface area contributed by atoms with Crippen LogP contribution in [-0.4, -0.2) is 21.5 Å². The van der Waals surface area contributed by atoms with Gasteiger partial charge in [-0.15, -0.1) is 0 Å². The summed E-state index contributed by atoms with van der Waals surface area (Å²) in [5.41, 5.74) is 5.68. The maximum atomic E-state index is 4.71. The predicted octanol–water partition coefficient (Wildman–Crippen LogP) is 2.06. The van der Waals surface area contributed by atoms with Gasteiger partial charge in [-0.2, -0.15) is 0 Å². The number of aryl methyl sites for hydroxylation is 2. The number of fused-ring (bicyclic) bond motifs is 1. The molecule has 4 nitrogen and oxygen atoms in total. The second-order valence-electron chi connectivity index (χ2n) is 4.92. The molecule has 98 valence electrons. The third-order valence-corrected chi connectivity index (χ3v) is 3.50. The highest BCUT2D eigenvalue weighted by atomic mass is 15.0. The van der Waals surface area contributed by atoms with Gasteiger partial charge in [0.1, 0.15) is 5.69 Å². The highest BCUT2D eigenvalue weighted by molar-refractivity contribution is 5.51. The normalized spacial score (nSPS) is 14.2. The van der Waals surface area contributed by atoms with E-state index < -0.39 is 0 Å². The Morgan fingerprint density at radius 3 is 3.00 bits per heavy atom. The zero-order chi connectivity index (χ0) is 13.2. The molecule has 0 fully saturated rings. The van der Waals surface area contributed by atoms with Crippen LogP contribution in [0.2, 0.25) is 0 Å². The SMILES string of the molecule is CCc1nc(-c2cc(C)ccn2)nc2c1CCNC2. The van der Waals surface area contributed by atoms with Crippen LogP contribution in [0.1, 0.15) is 29.4 Å². The van der Waals surface area contributed by atoms with Crippen LogP contribution >= 0.6 is 0 Å². The summed E-state index contributed by atoms with van der Waals surface area (Å²) in [5.74, 6) is 0.753. The Hall–Kier alpha value is -1.81. The second kappa shape index (κ2) is 5.05. The van der Waals surface area contributed by atoms with E-state index in [9.17, 15) is 0 Å². The van der Waals surface area contributed by atoms with Crippen LogP contribution in [0.3, 0.4) is 0 Å². The Morgan fingerprint density at radius 1 is 1.32 bits per heavy atom. The maximum Gasteiger partial charge on any atom is 0.178 e. The minimum absolute atomic E-state index is 0.753. The largest absolute Gasteiger partial charge is 0.311 e. The van der Waals surface area contributed by atoms with Gasteiger partial charge >= 0.3 is 0 Å². The lowest BCUT2D eigenvalue weighted by atomic mass is 10.0. The molecule has 0 spiro atoms. The van der Waals surface area contributed by atoms with Gasteiger partial charge in [-0.1, -0.05) is 6.92 Å². The molecule has 2 aromatic rings. The summed E-state index contributed by atoms with van der Waals surface area (Å²) in [6, 6.07) is 4.03. The van der Waals surface area contributed by atoms with Crippen LogP contribution in [0.5, 0.6) is 0 Å². The quantitative estimate of drug-likeness (QED) is 0.891. The molecular formula is C15H18N4. The molecule has 0 atom stereocenters. The van der Waals surface area contributed by atoms with Crippen molar-refractivity contribution >= 4 is 0 Å². The van der Waals surface area contributed by atoms with Crippen molar-refractivity contribution in [2.75, 3.05) is 6.54 Å². The monoisotopic (exact) mass is 254 g/mol. The number of hydrogen-bond acceptors (Lipinski definition) is 4. The molecule has 3 heterocycles. The summed E-state index contributed by atoms with van der Waals surface area (Å²) >= 11 is 0. The molecule has 3 rings (SSSR count). The van der Waals surface area contributed by atoms with Crippen LogP contribution in [-0.2, 0) is 19.4 Å². The number of pyridine rings is 1. The van der Waals surface area contributed by atoms with Crippen LogP contribution in [0.4, 0.5) is 0 Å². The summed E-state index contributed by atoms with van der Waals surface area (Å²) in [6.45, 7) is 6.07. The molecule has 0 saturated carbocycles. The molecule has 1 N–H and O–H groups in total. The zero-order valence-corrected chi connectivity index (χ0v) is 11.4. The predicted molar refractivity (Wildman–Crippen MR) is 74.8 cm³/mol. The fourth-order valence-corrected chi connectivity index (χ4v) is 2.50. The Bertz CT molecular complexity index is 590. The third-order valence-electron chi connectivity index (χ3n) is 3.50. The van der Waals surface area contributed by atoms with E-state index in [2.05, 4.69) is 24.1 Å². The average Bonchev–Trinajstić information content (AvgIpc) is 2.46.